The lowest BCUT2D eigenvalue weighted by molar-refractivity contribution is -0.140. The van der Waals surface area contributed by atoms with Crippen LogP contribution < -0.4 is 22.5 Å². The van der Waals surface area contributed by atoms with Gasteiger partial charge >= 0.3 is 11.9 Å². The van der Waals surface area contributed by atoms with Gasteiger partial charge in [-0.15, -0.1) is 11.8 Å². The molecule has 49 heavy (non-hydrogen) atoms. The molecule has 264 valence electrons. The highest BCUT2D eigenvalue weighted by molar-refractivity contribution is 7.98. The summed E-state index contributed by atoms with van der Waals surface area (Å²) in [5.74, 6) is -0.313. The van der Waals surface area contributed by atoms with Crippen LogP contribution >= 0.6 is 11.8 Å². The Hall–Kier alpha value is -3.68. The summed E-state index contributed by atoms with van der Waals surface area (Å²) in [5.41, 5.74) is 12.1. The number of fused-ring (bicyclic) bond motifs is 1. The first-order valence-corrected chi connectivity index (χ1v) is 18.1. The number of hydrogen-bond acceptors (Lipinski definition) is 6. The number of benzene rings is 2. The van der Waals surface area contributed by atoms with Crippen molar-refractivity contribution in [1.82, 2.24) is 19.9 Å². The lowest BCUT2D eigenvalue weighted by Crippen LogP contribution is -2.24. The average Bonchev–Trinajstić information content (AvgIpc) is 3.83. The number of halogens is 4. The fraction of sp³-hybridized carbons (Fsp3) is 0.472. The molecule has 4 aromatic rings. The van der Waals surface area contributed by atoms with Gasteiger partial charge < -0.3 is 21.8 Å². The van der Waals surface area contributed by atoms with Gasteiger partial charge in [-0.2, -0.15) is 18.2 Å². The third-order valence-electron chi connectivity index (χ3n) is 9.00. The summed E-state index contributed by atoms with van der Waals surface area (Å²) in [5, 5.41) is 4.09. The molecule has 0 amide bonds. The van der Waals surface area contributed by atoms with Gasteiger partial charge in [-0.25, -0.2) is 9.18 Å². The molecule has 0 radical (unpaired) electrons. The number of thioether (sulfide) groups is 1. The van der Waals surface area contributed by atoms with Gasteiger partial charge in [-0.1, -0.05) is 19.4 Å². The summed E-state index contributed by atoms with van der Waals surface area (Å²) in [4.78, 5) is 25.6. The average molecular weight is 700 g/mol. The SMILES string of the molecule is CCCC(NCCCN=C(C)N)c1ccc(-n2cc3cc(-c4cc(CCCC(N)C5CC5)cc(C(F)(F)F)c4F)[nH]c3nc2=O)cc1SC. The fourth-order valence-electron chi connectivity index (χ4n) is 6.26. The first kappa shape index (κ1) is 36.6. The van der Waals surface area contributed by atoms with Gasteiger partial charge in [0.2, 0.25) is 0 Å². The monoisotopic (exact) mass is 699 g/mol. The van der Waals surface area contributed by atoms with E-state index in [1.54, 1.807) is 24.9 Å². The van der Waals surface area contributed by atoms with E-state index >= 15 is 4.39 Å². The summed E-state index contributed by atoms with van der Waals surface area (Å²) >= 11 is 1.57. The Morgan fingerprint density at radius 2 is 1.96 bits per heavy atom. The predicted octanol–water partition coefficient (Wildman–Crippen LogP) is 7.52. The van der Waals surface area contributed by atoms with Crippen molar-refractivity contribution in [2.75, 3.05) is 19.3 Å². The molecule has 2 aromatic carbocycles. The third kappa shape index (κ3) is 9.11. The lowest BCUT2D eigenvalue weighted by Gasteiger charge is -2.22. The van der Waals surface area contributed by atoms with Crippen molar-refractivity contribution in [2.24, 2.45) is 22.4 Å². The molecule has 13 heteroatoms. The van der Waals surface area contributed by atoms with Crippen molar-refractivity contribution in [1.29, 1.82) is 0 Å². The zero-order chi connectivity index (χ0) is 35.3. The maximum absolute atomic E-state index is 15.5. The first-order valence-electron chi connectivity index (χ1n) is 16.9. The van der Waals surface area contributed by atoms with E-state index in [0.29, 0.717) is 54.2 Å². The molecule has 1 fully saturated rings. The number of alkyl halides is 3. The van der Waals surface area contributed by atoms with Gasteiger partial charge in [-0.05, 0) is 112 Å². The fourth-order valence-corrected chi connectivity index (χ4v) is 6.95. The van der Waals surface area contributed by atoms with Gasteiger partial charge in [-0.3, -0.25) is 9.56 Å². The molecule has 6 N–H and O–H groups in total. The molecular formula is C36H45F4N7OS. The standard InChI is InChI=1S/C36H45F4N7OS/c1-4-7-30(44-15-6-14-43-21(2)41)26-13-12-25(19-32(26)49-3)47-20-24-18-31(45-34(24)46-35(47)48)27-16-22(8-5-9-29(42)23-10-11-23)17-28(33(27)37)36(38,39)40/h12-13,16-20,23,29-30,44H,4-11,14-15,42H2,1-3H3,(H2,41,43)(H,45,46,48). The quantitative estimate of drug-likeness (QED) is 0.0315. The minimum atomic E-state index is -4.88. The van der Waals surface area contributed by atoms with Gasteiger partial charge in [0.15, 0.2) is 0 Å². The Kier molecular flexibility index (Phi) is 11.9. The molecule has 0 saturated heterocycles. The summed E-state index contributed by atoms with van der Waals surface area (Å²) < 4.78 is 58.7. The first-order chi connectivity index (χ1) is 23.4. The van der Waals surface area contributed by atoms with Crippen molar-refractivity contribution in [3.05, 3.63) is 75.6 Å². The second-order valence-electron chi connectivity index (χ2n) is 12.9. The zero-order valence-electron chi connectivity index (χ0n) is 28.2. The van der Waals surface area contributed by atoms with Crippen LogP contribution in [0.2, 0.25) is 0 Å². The van der Waals surface area contributed by atoms with Gasteiger partial charge in [0.25, 0.3) is 0 Å². The smallest absolute Gasteiger partial charge is 0.388 e. The van der Waals surface area contributed by atoms with Crippen molar-refractivity contribution < 1.29 is 17.6 Å². The van der Waals surface area contributed by atoms with E-state index in [-0.39, 0.29) is 29.0 Å². The van der Waals surface area contributed by atoms with Crippen LogP contribution in [0.15, 0.2) is 57.3 Å². The summed E-state index contributed by atoms with van der Waals surface area (Å²) in [6, 6.07) is 9.80. The van der Waals surface area contributed by atoms with E-state index in [2.05, 4.69) is 27.2 Å². The predicted molar refractivity (Wildman–Crippen MR) is 190 cm³/mol. The largest absolute Gasteiger partial charge is 0.419 e. The van der Waals surface area contributed by atoms with Crippen molar-refractivity contribution in [3.63, 3.8) is 0 Å². The topological polar surface area (TPSA) is 127 Å². The number of aryl methyl sites for hydroxylation is 1. The molecule has 1 saturated carbocycles. The minimum Gasteiger partial charge on any atom is -0.388 e. The number of rotatable bonds is 16. The molecule has 0 spiro atoms. The Morgan fingerprint density at radius 3 is 2.63 bits per heavy atom. The number of amidine groups is 1. The number of nitrogens with one attached hydrogen (secondary N) is 2. The number of aromatic amines is 1. The number of aromatic nitrogens is 3. The lowest BCUT2D eigenvalue weighted by atomic mass is 9.97. The third-order valence-corrected chi connectivity index (χ3v) is 9.79. The van der Waals surface area contributed by atoms with Crippen LogP contribution in [0, 0.1) is 11.7 Å². The number of hydrogen-bond donors (Lipinski definition) is 4. The highest BCUT2D eigenvalue weighted by Crippen LogP contribution is 2.38. The molecule has 0 aliphatic heterocycles. The summed E-state index contributed by atoms with van der Waals surface area (Å²) in [6.45, 7) is 5.33. The van der Waals surface area contributed by atoms with Crippen molar-refractivity contribution in [3.8, 4) is 16.9 Å². The Bertz CT molecular complexity index is 1840. The molecule has 5 rings (SSSR count). The molecule has 1 aliphatic rings. The molecule has 2 aromatic heterocycles. The highest BCUT2D eigenvalue weighted by atomic mass is 32.2. The summed E-state index contributed by atoms with van der Waals surface area (Å²) in [6.07, 6.45) is 5.25. The molecule has 0 bridgehead atoms. The van der Waals surface area contributed by atoms with Crippen LogP contribution in [0.1, 0.15) is 81.5 Å². The number of aliphatic imine (C=N–C) groups is 1. The maximum Gasteiger partial charge on any atom is 0.419 e. The molecular weight excluding hydrogens is 655 g/mol. The van der Waals surface area contributed by atoms with E-state index < -0.39 is 23.2 Å². The molecule has 8 nitrogen and oxygen atoms in total. The Morgan fingerprint density at radius 1 is 1.18 bits per heavy atom. The number of nitrogens with two attached hydrogens (primary N) is 2. The van der Waals surface area contributed by atoms with Crippen LogP contribution in [0.4, 0.5) is 17.6 Å². The maximum atomic E-state index is 15.5. The van der Waals surface area contributed by atoms with E-state index in [1.165, 1.54) is 16.7 Å². The number of H-pyrrole nitrogens is 1. The Labute approximate surface area is 288 Å². The second-order valence-corrected chi connectivity index (χ2v) is 13.7. The van der Waals surface area contributed by atoms with Crippen LogP contribution in [-0.2, 0) is 12.6 Å². The van der Waals surface area contributed by atoms with Crippen LogP contribution in [0.5, 0.6) is 0 Å². The van der Waals surface area contributed by atoms with E-state index in [1.807, 2.05) is 24.5 Å². The highest BCUT2D eigenvalue weighted by Gasteiger charge is 2.36. The normalized spacial score (nSPS) is 15.2. The Balaban J connectivity index is 1.43. The minimum absolute atomic E-state index is 0.0315. The van der Waals surface area contributed by atoms with Crippen molar-refractivity contribution >= 4 is 28.6 Å². The van der Waals surface area contributed by atoms with E-state index in [4.69, 9.17) is 11.5 Å². The van der Waals surface area contributed by atoms with Gasteiger partial charge in [0.1, 0.15) is 11.5 Å². The van der Waals surface area contributed by atoms with E-state index in [9.17, 15) is 18.0 Å². The van der Waals surface area contributed by atoms with Crippen molar-refractivity contribution in [2.45, 2.75) is 88.4 Å². The zero-order valence-corrected chi connectivity index (χ0v) is 29.0. The van der Waals surface area contributed by atoms with Gasteiger partial charge in [0.05, 0.1) is 22.8 Å². The van der Waals surface area contributed by atoms with Crippen LogP contribution in [0.25, 0.3) is 28.0 Å². The molecule has 1 aliphatic carbocycles. The van der Waals surface area contributed by atoms with Gasteiger partial charge in [0, 0.05) is 40.7 Å². The summed E-state index contributed by atoms with van der Waals surface area (Å²) in [7, 11) is 0. The second kappa shape index (κ2) is 15.9. The van der Waals surface area contributed by atoms with Crippen LogP contribution in [0.3, 0.4) is 0 Å². The van der Waals surface area contributed by atoms with Crippen LogP contribution in [-0.4, -0.2) is 45.8 Å². The van der Waals surface area contributed by atoms with E-state index in [0.717, 1.165) is 55.2 Å². The molecule has 2 unspecified atom stereocenters. The molecule has 2 atom stereocenters. The number of nitrogens with zero attached hydrogens (tertiary/aromatic N) is 3. The molecule has 2 heterocycles.